The predicted octanol–water partition coefficient (Wildman–Crippen LogP) is -0.113. The van der Waals surface area contributed by atoms with E-state index in [4.69, 9.17) is 5.73 Å². The van der Waals surface area contributed by atoms with Crippen molar-refractivity contribution < 1.29 is 29.4 Å². The van der Waals surface area contributed by atoms with Crippen molar-refractivity contribution >= 4 is 23.7 Å². The number of carbonyl (C=O) groups is 4. The van der Waals surface area contributed by atoms with Crippen molar-refractivity contribution in [1.29, 1.82) is 0 Å². The number of rotatable bonds is 11. The Balaban J connectivity index is 3.02. The number of carbonyl (C=O) groups excluding carboxylic acids is 3. The van der Waals surface area contributed by atoms with E-state index >= 15 is 0 Å². The van der Waals surface area contributed by atoms with Crippen LogP contribution in [-0.4, -0.2) is 58.1 Å². The monoisotopic (exact) mass is 436 g/mol. The van der Waals surface area contributed by atoms with E-state index in [2.05, 4.69) is 16.0 Å². The number of phenols is 1. The summed E-state index contributed by atoms with van der Waals surface area (Å²) in [5, 5.41) is 26.4. The molecule has 0 saturated heterocycles. The number of benzene rings is 1. The van der Waals surface area contributed by atoms with Crippen LogP contribution in [0.5, 0.6) is 5.75 Å². The molecule has 7 N–H and O–H groups in total. The van der Waals surface area contributed by atoms with Gasteiger partial charge in [-0.05, 0) is 37.5 Å². The Bertz CT molecular complexity index is 781. The topological polar surface area (TPSA) is 171 Å². The maximum atomic E-state index is 12.9. The lowest BCUT2D eigenvalue weighted by molar-refractivity contribution is -0.143. The van der Waals surface area contributed by atoms with E-state index in [1.54, 1.807) is 19.1 Å². The SMILES string of the molecule is CCC(C)C(NC(=O)C(Cc1ccc(O)cc1)NC(=O)C(C)NC(=O)C(C)N)C(=O)O. The zero-order valence-corrected chi connectivity index (χ0v) is 18.2. The van der Waals surface area contributed by atoms with Crippen LogP contribution < -0.4 is 21.7 Å². The zero-order chi connectivity index (χ0) is 23.7. The molecule has 0 saturated carbocycles. The predicted molar refractivity (Wildman–Crippen MR) is 114 cm³/mol. The third kappa shape index (κ3) is 8.25. The first kappa shape index (κ1) is 25.9. The summed E-state index contributed by atoms with van der Waals surface area (Å²) in [5.74, 6) is -3.26. The number of hydrogen-bond donors (Lipinski definition) is 6. The second-order valence-electron chi connectivity index (χ2n) is 7.66. The Morgan fingerprint density at radius 3 is 2.00 bits per heavy atom. The third-order valence-electron chi connectivity index (χ3n) is 4.95. The minimum absolute atomic E-state index is 0.0451. The van der Waals surface area contributed by atoms with Crippen LogP contribution in [-0.2, 0) is 25.6 Å². The molecule has 0 aliphatic rings. The molecule has 0 fully saturated rings. The molecule has 10 nitrogen and oxygen atoms in total. The molecule has 0 radical (unpaired) electrons. The van der Waals surface area contributed by atoms with Gasteiger partial charge in [0.1, 0.15) is 23.9 Å². The number of hydrogen-bond acceptors (Lipinski definition) is 6. The number of carboxylic acids is 1. The van der Waals surface area contributed by atoms with E-state index in [0.29, 0.717) is 12.0 Å². The number of aromatic hydroxyl groups is 1. The summed E-state index contributed by atoms with van der Waals surface area (Å²) in [5.41, 5.74) is 6.13. The van der Waals surface area contributed by atoms with Gasteiger partial charge in [0.05, 0.1) is 6.04 Å². The summed E-state index contributed by atoms with van der Waals surface area (Å²) in [6.45, 7) is 6.44. The molecule has 0 spiro atoms. The zero-order valence-electron chi connectivity index (χ0n) is 18.2. The Labute approximate surface area is 181 Å². The lowest BCUT2D eigenvalue weighted by atomic mass is 9.98. The molecule has 0 heterocycles. The maximum absolute atomic E-state index is 12.9. The average Bonchev–Trinajstić information content (AvgIpc) is 2.71. The van der Waals surface area contributed by atoms with Crippen LogP contribution in [0.2, 0.25) is 0 Å². The van der Waals surface area contributed by atoms with Gasteiger partial charge in [0, 0.05) is 6.42 Å². The van der Waals surface area contributed by atoms with Crippen LogP contribution in [0.1, 0.15) is 39.7 Å². The molecule has 1 aromatic rings. The first-order valence-electron chi connectivity index (χ1n) is 10.1. The fourth-order valence-electron chi connectivity index (χ4n) is 2.72. The van der Waals surface area contributed by atoms with E-state index < -0.39 is 47.9 Å². The van der Waals surface area contributed by atoms with Crippen molar-refractivity contribution in [1.82, 2.24) is 16.0 Å². The average molecular weight is 437 g/mol. The highest BCUT2D eigenvalue weighted by Crippen LogP contribution is 2.13. The molecule has 0 bridgehead atoms. The van der Waals surface area contributed by atoms with Crippen LogP contribution in [0.15, 0.2) is 24.3 Å². The Morgan fingerprint density at radius 2 is 1.52 bits per heavy atom. The normalized spacial score (nSPS) is 15.6. The van der Waals surface area contributed by atoms with Gasteiger partial charge >= 0.3 is 5.97 Å². The number of carboxylic acid groups (broad SMARTS) is 1. The van der Waals surface area contributed by atoms with Gasteiger partial charge < -0.3 is 31.9 Å². The molecule has 0 aliphatic heterocycles. The lowest BCUT2D eigenvalue weighted by Crippen LogP contribution is -2.57. The summed E-state index contributed by atoms with van der Waals surface area (Å²) in [7, 11) is 0. The smallest absolute Gasteiger partial charge is 0.326 e. The van der Waals surface area contributed by atoms with Gasteiger partial charge in [-0.2, -0.15) is 0 Å². The first-order valence-corrected chi connectivity index (χ1v) is 10.1. The molecule has 1 aromatic carbocycles. The van der Waals surface area contributed by atoms with Crippen LogP contribution >= 0.6 is 0 Å². The Morgan fingerprint density at radius 1 is 0.935 bits per heavy atom. The summed E-state index contributed by atoms with van der Waals surface area (Å²) in [4.78, 5) is 48.8. The van der Waals surface area contributed by atoms with Crippen LogP contribution in [0.25, 0.3) is 0 Å². The molecule has 31 heavy (non-hydrogen) atoms. The quantitative estimate of drug-likeness (QED) is 0.281. The van der Waals surface area contributed by atoms with E-state index in [-0.39, 0.29) is 18.1 Å². The summed E-state index contributed by atoms with van der Waals surface area (Å²) >= 11 is 0. The van der Waals surface area contributed by atoms with Gasteiger partial charge in [0.25, 0.3) is 0 Å². The van der Waals surface area contributed by atoms with Crippen LogP contribution in [0.3, 0.4) is 0 Å². The summed E-state index contributed by atoms with van der Waals surface area (Å²) < 4.78 is 0. The van der Waals surface area contributed by atoms with Crippen LogP contribution in [0.4, 0.5) is 0 Å². The fraction of sp³-hybridized carbons (Fsp3) is 0.524. The standard InChI is InChI=1S/C21H32N4O6/c1-5-11(2)17(21(30)31)25-20(29)16(10-14-6-8-15(26)9-7-14)24-19(28)13(4)23-18(27)12(3)22/h6-9,11-13,16-17,26H,5,10,22H2,1-4H3,(H,23,27)(H,24,28)(H,25,29)(H,30,31). The molecule has 0 aromatic heterocycles. The van der Waals surface area contributed by atoms with Crippen molar-refractivity contribution in [3.8, 4) is 5.75 Å². The molecule has 5 atom stereocenters. The van der Waals surface area contributed by atoms with Crippen molar-refractivity contribution in [3.63, 3.8) is 0 Å². The number of nitrogens with two attached hydrogens (primary N) is 1. The first-order chi connectivity index (χ1) is 14.5. The molecule has 1 rings (SSSR count). The number of nitrogens with one attached hydrogen (secondary N) is 3. The number of aliphatic carboxylic acids is 1. The second kappa shape index (κ2) is 11.9. The van der Waals surface area contributed by atoms with Gasteiger partial charge in [0.15, 0.2) is 0 Å². The van der Waals surface area contributed by atoms with E-state index in [1.807, 2.05) is 6.92 Å². The summed E-state index contributed by atoms with van der Waals surface area (Å²) in [6.07, 6.45) is 0.589. The maximum Gasteiger partial charge on any atom is 0.326 e. The van der Waals surface area contributed by atoms with Crippen molar-refractivity contribution in [2.45, 2.75) is 64.7 Å². The highest BCUT2D eigenvalue weighted by molar-refractivity contribution is 5.94. The highest BCUT2D eigenvalue weighted by atomic mass is 16.4. The van der Waals surface area contributed by atoms with Gasteiger partial charge in [0.2, 0.25) is 17.7 Å². The largest absolute Gasteiger partial charge is 0.508 e. The molecule has 172 valence electrons. The minimum Gasteiger partial charge on any atom is -0.508 e. The van der Waals surface area contributed by atoms with Crippen molar-refractivity contribution in [3.05, 3.63) is 29.8 Å². The third-order valence-corrected chi connectivity index (χ3v) is 4.95. The molecular formula is C21H32N4O6. The van der Waals surface area contributed by atoms with Gasteiger partial charge in [-0.1, -0.05) is 32.4 Å². The lowest BCUT2D eigenvalue weighted by Gasteiger charge is -2.25. The molecule has 5 unspecified atom stereocenters. The van der Waals surface area contributed by atoms with Gasteiger partial charge in [-0.15, -0.1) is 0 Å². The molecule has 0 aliphatic carbocycles. The molecular weight excluding hydrogens is 404 g/mol. The Kier molecular flexibility index (Phi) is 9.94. The second-order valence-corrected chi connectivity index (χ2v) is 7.66. The van der Waals surface area contributed by atoms with E-state index in [9.17, 15) is 29.4 Å². The van der Waals surface area contributed by atoms with Crippen molar-refractivity contribution in [2.75, 3.05) is 0 Å². The van der Waals surface area contributed by atoms with E-state index in [0.717, 1.165) is 0 Å². The Hall–Kier alpha value is -3.14. The fourth-order valence-corrected chi connectivity index (χ4v) is 2.72. The highest BCUT2D eigenvalue weighted by Gasteiger charge is 2.30. The van der Waals surface area contributed by atoms with E-state index in [1.165, 1.54) is 26.0 Å². The number of amides is 3. The van der Waals surface area contributed by atoms with Crippen LogP contribution in [0, 0.1) is 5.92 Å². The molecule has 3 amide bonds. The number of phenolic OH excluding ortho intramolecular Hbond substituents is 1. The summed E-state index contributed by atoms with van der Waals surface area (Å²) in [6, 6.07) is 2.08. The minimum atomic E-state index is -1.17. The van der Waals surface area contributed by atoms with Gasteiger partial charge in [-0.3, -0.25) is 14.4 Å². The van der Waals surface area contributed by atoms with Crippen molar-refractivity contribution in [2.24, 2.45) is 11.7 Å². The van der Waals surface area contributed by atoms with Gasteiger partial charge in [-0.25, -0.2) is 4.79 Å². The molecule has 10 heteroatoms.